The van der Waals surface area contributed by atoms with E-state index in [-0.39, 0.29) is 5.17 Å². The number of hydrogen-bond donors (Lipinski definition) is 2. The van der Waals surface area contributed by atoms with E-state index < -0.39 is 0 Å². The van der Waals surface area contributed by atoms with Crippen LogP contribution in [0.3, 0.4) is 0 Å². The van der Waals surface area contributed by atoms with Gasteiger partial charge in [0.05, 0.1) is 13.1 Å². The minimum absolute atomic E-state index is 0.148. The molecule has 0 aromatic carbocycles. The van der Waals surface area contributed by atoms with Crippen LogP contribution in [0.5, 0.6) is 0 Å². The van der Waals surface area contributed by atoms with Crippen molar-refractivity contribution in [3.8, 4) is 6.07 Å². The van der Waals surface area contributed by atoms with Gasteiger partial charge in [0.25, 0.3) is 0 Å². The summed E-state index contributed by atoms with van der Waals surface area (Å²) in [4.78, 5) is 0. The molecule has 0 spiro atoms. The highest BCUT2D eigenvalue weighted by molar-refractivity contribution is 5.21. The third-order valence-corrected chi connectivity index (χ3v) is 4.14. The Bertz CT molecular complexity index is 451. The minimum atomic E-state index is 0.148. The first-order chi connectivity index (χ1) is 9.69. The Kier molecular flexibility index (Phi) is 5.60. The van der Waals surface area contributed by atoms with Crippen LogP contribution in [0, 0.1) is 28.4 Å². The molecule has 1 saturated carbocycles. The fourth-order valence-corrected chi connectivity index (χ4v) is 3.11. The lowest BCUT2D eigenvalue weighted by Crippen LogP contribution is -3.15. The lowest BCUT2D eigenvalue weighted by molar-refractivity contribution is -0.900. The van der Waals surface area contributed by atoms with Gasteiger partial charge in [0, 0.05) is 18.7 Å². The second kappa shape index (κ2) is 7.44. The lowest BCUT2D eigenvalue weighted by Gasteiger charge is -2.31. The molecule has 0 aliphatic heterocycles. The molecule has 5 heteroatoms. The van der Waals surface area contributed by atoms with Crippen LogP contribution in [0.25, 0.3) is 0 Å². The molecule has 110 valence electrons. The molecule has 0 bridgehead atoms. The van der Waals surface area contributed by atoms with Gasteiger partial charge in [-0.25, -0.2) is 0 Å². The Morgan fingerprint density at radius 2 is 2.40 bits per heavy atom. The van der Waals surface area contributed by atoms with Gasteiger partial charge in [-0.3, -0.25) is 5.17 Å². The Hall–Kier alpha value is -1.35. The smallest absolute Gasteiger partial charge is 0.120 e. The molecule has 3 unspecified atom stereocenters. The van der Waals surface area contributed by atoms with Crippen LogP contribution in [0.1, 0.15) is 38.3 Å². The van der Waals surface area contributed by atoms with Crippen molar-refractivity contribution < 1.29 is 5.17 Å². The molecule has 3 atom stereocenters. The highest BCUT2D eigenvalue weighted by Crippen LogP contribution is 2.27. The molecule has 2 N–H and O–H groups in total. The monoisotopic (exact) mass is 276 g/mol. The van der Waals surface area contributed by atoms with Crippen molar-refractivity contribution in [3.63, 3.8) is 0 Å². The topological polar surface area (TPSA) is 68.2 Å². The molecule has 0 amide bonds. The van der Waals surface area contributed by atoms with Crippen molar-refractivity contribution in [1.82, 2.24) is 9.99 Å². The van der Waals surface area contributed by atoms with E-state index in [1.807, 2.05) is 16.8 Å². The zero-order chi connectivity index (χ0) is 14.4. The maximum absolute atomic E-state index is 11.9. The van der Waals surface area contributed by atoms with E-state index in [0.717, 1.165) is 5.92 Å². The van der Waals surface area contributed by atoms with Crippen LogP contribution in [0.2, 0.25) is 0 Å². The minimum Gasteiger partial charge on any atom is -0.613 e. The molecule has 2 rings (SSSR count). The number of nitrogens with one attached hydrogen (secondary N) is 2. The Labute approximate surface area is 120 Å². The number of hydroxylamine groups is 1. The van der Waals surface area contributed by atoms with Gasteiger partial charge in [-0.15, -0.1) is 0 Å². The van der Waals surface area contributed by atoms with Crippen molar-refractivity contribution in [2.45, 2.75) is 39.2 Å². The van der Waals surface area contributed by atoms with E-state index in [4.69, 9.17) is 5.26 Å². The highest BCUT2D eigenvalue weighted by Gasteiger charge is 2.21. The van der Waals surface area contributed by atoms with E-state index in [2.05, 4.69) is 18.4 Å². The van der Waals surface area contributed by atoms with E-state index in [0.29, 0.717) is 31.2 Å². The fourth-order valence-electron chi connectivity index (χ4n) is 3.11. The summed E-state index contributed by atoms with van der Waals surface area (Å²) in [6, 6.07) is 5.77. The summed E-state index contributed by atoms with van der Waals surface area (Å²) in [7, 11) is 0. The summed E-state index contributed by atoms with van der Waals surface area (Å²) in [5.74, 6) is 1.32. The summed E-state index contributed by atoms with van der Waals surface area (Å²) in [6.45, 7) is 4.17. The summed E-state index contributed by atoms with van der Waals surface area (Å²) in [6.07, 6.45) is 6.81. The van der Waals surface area contributed by atoms with Crippen LogP contribution >= 0.6 is 0 Å². The molecule has 1 aromatic heterocycles. The molecule has 1 fully saturated rings. The van der Waals surface area contributed by atoms with Crippen molar-refractivity contribution in [2.24, 2.45) is 11.8 Å². The second-order valence-electron chi connectivity index (χ2n) is 5.89. The number of rotatable bonds is 6. The van der Waals surface area contributed by atoms with E-state index >= 15 is 0 Å². The standard InChI is InChI=1S/C15H24N4O/c1-13-4-2-5-14(10-13)12-19(20)17-7-9-18-8-3-6-15(18)11-16/h3,6,8,13-14,17,19H,2,4-5,7,9-10,12H2,1H3. The average Bonchev–Trinajstić information content (AvgIpc) is 2.86. The van der Waals surface area contributed by atoms with Gasteiger partial charge in [-0.05, 0) is 30.9 Å². The molecule has 20 heavy (non-hydrogen) atoms. The molecule has 1 heterocycles. The third-order valence-electron chi connectivity index (χ3n) is 4.14. The largest absolute Gasteiger partial charge is 0.613 e. The molecule has 1 aromatic rings. The van der Waals surface area contributed by atoms with Crippen LogP contribution < -0.4 is 10.6 Å². The summed E-state index contributed by atoms with van der Waals surface area (Å²) in [5, 5.41) is 21.0. The van der Waals surface area contributed by atoms with Gasteiger partial charge in [-0.1, -0.05) is 19.8 Å². The fraction of sp³-hybridized carbons (Fsp3) is 0.667. The average molecular weight is 276 g/mol. The number of hydrogen-bond acceptors (Lipinski definition) is 3. The normalized spacial score (nSPS) is 24.2. The summed E-state index contributed by atoms with van der Waals surface area (Å²) >= 11 is 0. The number of nitriles is 1. The number of nitrogens with zero attached hydrogens (tertiary/aromatic N) is 2. The van der Waals surface area contributed by atoms with Gasteiger partial charge in [0.15, 0.2) is 0 Å². The predicted molar refractivity (Wildman–Crippen MR) is 77.5 cm³/mol. The number of quaternary nitrogens is 1. The molecule has 0 radical (unpaired) electrons. The highest BCUT2D eigenvalue weighted by atomic mass is 16.5. The Morgan fingerprint density at radius 1 is 1.55 bits per heavy atom. The maximum Gasteiger partial charge on any atom is 0.120 e. The third kappa shape index (κ3) is 4.34. The Balaban J connectivity index is 1.67. The van der Waals surface area contributed by atoms with Crippen molar-refractivity contribution in [2.75, 3.05) is 13.1 Å². The summed E-state index contributed by atoms with van der Waals surface area (Å²) < 4.78 is 1.86. The Morgan fingerprint density at radius 3 is 3.15 bits per heavy atom. The molecular formula is C15H24N4O. The van der Waals surface area contributed by atoms with Gasteiger partial charge in [0.1, 0.15) is 11.8 Å². The zero-order valence-corrected chi connectivity index (χ0v) is 12.1. The van der Waals surface area contributed by atoms with Gasteiger partial charge < -0.3 is 9.77 Å². The molecule has 1 aliphatic rings. The van der Waals surface area contributed by atoms with E-state index in [1.54, 1.807) is 6.07 Å². The van der Waals surface area contributed by atoms with Gasteiger partial charge in [0.2, 0.25) is 0 Å². The number of aromatic nitrogens is 1. The molecule has 1 aliphatic carbocycles. The summed E-state index contributed by atoms with van der Waals surface area (Å²) in [5.41, 5.74) is 3.60. The first-order valence-electron chi connectivity index (χ1n) is 7.51. The van der Waals surface area contributed by atoms with Crippen LogP contribution in [0.4, 0.5) is 0 Å². The van der Waals surface area contributed by atoms with E-state index in [9.17, 15) is 5.21 Å². The predicted octanol–water partition coefficient (Wildman–Crippen LogP) is 1.07. The first-order valence-corrected chi connectivity index (χ1v) is 7.51. The van der Waals surface area contributed by atoms with Crippen molar-refractivity contribution >= 4 is 0 Å². The molecular weight excluding hydrogens is 252 g/mol. The van der Waals surface area contributed by atoms with Crippen LogP contribution in [-0.4, -0.2) is 17.7 Å². The first kappa shape index (κ1) is 15.0. The van der Waals surface area contributed by atoms with Crippen molar-refractivity contribution in [3.05, 3.63) is 29.2 Å². The lowest BCUT2D eigenvalue weighted by atomic mass is 9.82. The van der Waals surface area contributed by atoms with Crippen LogP contribution in [0.15, 0.2) is 18.3 Å². The van der Waals surface area contributed by atoms with Gasteiger partial charge in [-0.2, -0.15) is 10.7 Å². The molecule has 0 saturated heterocycles. The quantitative estimate of drug-likeness (QED) is 0.764. The SMILES string of the molecule is CC1CCCC(C[NH+]([O-])NCCn2cccc2C#N)C1. The molecule has 5 nitrogen and oxygen atoms in total. The van der Waals surface area contributed by atoms with Gasteiger partial charge >= 0.3 is 0 Å². The van der Waals surface area contributed by atoms with Crippen molar-refractivity contribution in [1.29, 1.82) is 5.26 Å². The maximum atomic E-state index is 11.9. The van der Waals surface area contributed by atoms with Crippen LogP contribution in [-0.2, 0) is 6.54 Å². The second-order valence-corrected chi connectivity index (χ2v) is 5.89. The zero-order valence-electron chi connectivity index (χ0n) is 12.1. The van der Waals surface area contributed by atoms with E-state index in [1.165, 1.54) is 25.7 Å².